The summed E-state index contributed by atoms with van der Waals surface area (Å²) in [6.45, 7) is 11.3. The zero-order valence-electron chi connectivity index (χ0n) is 10.9. The molecule has 0 spiro atoms. The fourth-order valence-electron chi connectivity index (χ4n) is 1.65. The quantitative estimate of drug-likeness (QED) is 0.729. The Hall–Kier alpha value is -1.02. The molecule has 0 aliphatic carbocycles. The Kier molecular flexibility index (Phi) is 5.33. The summed E-state index contributed by atoms with van der Waals surface area (Å²) in [6, 6.07) is 8.64. The molecule has 90 valence electrons. The van der Waals surface area contributed by atoms with Crippen molar-refractivity contribution in [2.24, 2.45) is 0 Å². The molecule has 2 heteroatoms. The average molecular weight is 221 g/mol. The fourth-order valence-corrected chi connectivity index (χ4v) is 1.65. The third kappa shape index (κ3) is 3.86. The summed E-state index contributed by atoms with van der Waals surface area (Å²) in [7, 11) is 0. The van der Waals surface area contributed by atoms with E-state index in [1.165, 1.54) is 11.3 Å². The molecule has 0 aliphatic rings. The van der Waals surface area contributed by atoms with Crippen LogP contribution in [0.15, 0.2) is 24.3 Å². The van der Waals surface area contributed by atoms with Crippen LogP contribution >= 0.6 is 0 Å². The molecule has 0 fully saturated rings. The fraction of sp³-hybridized carbons (Fsp3) is 0.571. The van der Waals surface area contributed by atoms with E-state index in [1.54, 1.807) is 0 Å². The molecular formula is C14H23NO. The summed E-state index contributed by atoms with van der Waals surface area (Å²) in [5.74, 6) is 0. The number of hydrogen-bond acceptors (Lipinski definition) is 2. The van der Waals surface area contributed by atoms with Gasteiger partial charge in [0, 0.05) is 18.8 Å². The van der Waals surface area contributed by atoms with Crippen molar-refractivity contribution in [3.8, 4) is 0 Å². The zero-order valence-corrected chi connectivity index (χ0v) is 10.9. The van der Waals surface area contributed by atoms with Gasteiger partial charge in [-0.25, -0.2) is 0 Å². The highest BCUT2D eigenvalue weighted by Crippen LogP contribution is 2.15. The minimum atomic E-state index is 0.294. The lowest BCUT2D eigenvalue weighted by Gasteiger charge is -2.21. The standard InChI is InChI=1S/C14H23NO/c1-5-15(6-2)14-9-7-13(8-10-14)11-16-12(3)4/h7-10,12H,5-6,11H2,1-4H3. The minimum absolute atomic E-state index is 0.294. The lowest BCUT2D eigenvalue weighted by Crippen LogP contribution is -2.21. The van der Waals surface area contributed by atoms with Gasteiger partial charge in [0.1, 0.15) is 0 Å². The molecule has 0 saturated carbocycles. The molecule has 0 unspecified atom stereocenters. The smallest absolute Gasteiger partial charge is 0.0720 e. The largest absolute Gasteiger partial charge is 0.374 e. The van der Waals surface area contributed by atoms with Crippen molar-refractivity contribution in [1.29, 1.82) is 0 Å². The van der Waals surface area contributed by atoms with Crippen LogP contribution in [0, 0.1) is 0 Å². The van der Waals surface area contributed by atoms with E-state index in [0.717, 1.165) is 13.1 Å². The van der Waals surface area contributed by atoms with Crippen LogP contribution in [-0.2, 0) is 11.3 Å². The van der Waals surface area contributed by atoms with E-state index in [4.69, 9.17) is 4.74 Å². The van der Waals surface area contributed by atoms with E-state index < -0.39 is 0 Å². The van der Waals surface area contributed by atoms with Crippen molar-refractivity contribution in [1.82, 2.24) is 0 Å². The Labute approximate surface area is 99.2 Å². The van der Waals surface area contributed by atoms with E-state index in [0.29, 0.717) is 12.7 Å². The van der Waals surface area contributed by atoms with Gasteiger partial charge in [0.25, 0.3) is 0 Å². The predicted octanol–water partition coefficient (Wildman–Crippen LogP) is 3.46. The van der Waals surface area contributed by atoms with Crippen molar-refractivity contribution in [3.05, 3.63) is 29.8 Å². The van der Waals surface area contributed by atoms with Crippen molar-refractivity contribution >= 4 is 5.69 Å². The topological polar surface area (TPSA) is 12.5 Å². The first kappa shape index (κ1) is 13.0. The summed E-state index contributed by atoms with van der Waals surface area (Å²) in [4.78, 5) is 2.34. The highest BCUT2D eigenvalue weighted by Gasteiger charge is 2.01. The predicted molar refractivity (Wildman–Crippen MR) is 69.9 cm³/mol. The molecule has 0 aromatic heterocycles. The monoisotopic (exact) mass is 221 g/mol. The summed E-state index contributed by atoms with van der Waals surface area (Å²) >= 11 is 0. The SMILES string of the molecule is CCN(CC)c1ccc(COC(C)C)cc1. The zero-order chi connectivity index (χ0) is 12.0. The van der Waals surface area contributed by atoms with E-state index in [9.17, 15) is 0 Å². The first-order chi connectivity index (χ1) is 7.67. The van der Waals surface area contributed by atoms with Crippen molar-refractivity contribution in [2.75, 3.05) is 18.0 Å². The van der Waals surface area contributed by atoms with E-state index in [-0.39, 0.29) is 0 Å². The first-order valence-corrected chi connectivity index (χ1v) is 6.12. The molecular weight excluding hydrogens is 198 g/mol. The van der Waals surface area contributed by atoms with Gasteiger partial charge in [0.2, 0.25) is 0 Å². The van der Waals surface area contributed by atoms with Crippen molar-refractivity contribution < 1.29 is 4.74 Å². The van der Waals surface area contributed by atoms with Crippen LogP contribution in [0.4, 0.5) is 5.69 Å². The van der Waals surface area contributed by atoms with Gasteiger partial charge in [-0.2, -0.15) is 0 Å². The van der Waals surface area contributed by atoms with Crippen LogP contribution in [0.3, 0.4) is 0 Å². The van der Waals surface area contributed by atoms with E-state index >= 15 is 0 Å². The molecule has 0 atom stereocenters. The van der Waals surface area contributed by atoms with Gasteiger partial charge in [-0.3, -0.25) is 0 Å². The van der Waals surface area contributed by atoms with Gasteiger partial charge in [0.05, 0.1) is 12.7 Å². The molecule has 0 heterocycles. The van der Waals surface area contributed by atoms with Crippen LogP contribution in [0.2, 0.25) is 0 Å². The minimum Gasteiger partial charge on any atom is -0.374 e. The average Bonchev–Trinajstić information content (AvgIpc) is 2.29. The Morgan fingerprint density at radius 2 is 1.62 bits per heavy atom. The molecule has 1 rings (SSSR count). The van der Waals surface area contributed by atoms with Gasteiger partial charge in [-0.05, 0) is 45.4 Å². The molecule has 0 bridgehead atoms. The maximum absolute atomic E-state index is 5.57. The summed E-state index contributed by atoms with van der Waals surface area (Å²) in [5.41, 5.74) is 2.53. The molecule has 1 aromatic rings. The van der Waals surface area contributed by atoms with Gasteiger partial charge in [-0.1, -0.05) is 12.1 Å². The molecule has 16 heavy (non-hydrogen) atoms. The van der Waals surface area contributed by atoms with Crippen LogP contribution < -0.4 is 4.90 Å². The highest BCUT2D eigenvalue weighted by molar-refractivity contribution is 5.47. The first-order valence-electron chi connectivity index (χ1n) is 6.12. The number of nitrogens with zero attached hydrogens (tertiary/aromatic N) is 1. The van der Waals surface area contributed by atoms with Gasteiger partial charge < -0.3 is 9.64 Å². The number of benzene rings is 1. The molecule has 0 radical (unpaired) electrons. The van der Waals surface area contributed by atoms with Crippen LogP contribution in [0.5, 0.6) is 0 Å². The second-order valence-corrected chi connectivity index (χ2v) is 4.20. The number of ether oxygens (including phenoxy) is 1. The normalized spacial score (nSPS) is 10.8. The van der Waals surface area contributed by atoms with Crippen molar-refractivity contribution in [2.45, 2.75) is 40.4 Å². The Bertz CT molecular complexity index is 288. The molecule has 2 nitrogen and oxygen atoms in total. The lowest BCUT2D eigenvalue weighted by atomic mass is 10.2. The molecule has 0 aliphatic heterocycles. The molecule has 1 aromatic carbocycles. The van der Waals surface area contributed by atoms with Crippen LogP contribution in [-0.4, -0.2) is 19.2 Å². The van der Waals surface area contributed by atoms with Gasteiger partial charge >= 0.3 is 0 Å². The third-order valence-electron chi connectivity index (χ3n) is 2.65. The number of rotatable bonds is 6. The van der Waals surface area contributed by atoms with Gasteiger partial charge in [-0.15, -0.1) is 0 Å². The number of hydrogen-bond donors (Lipinski definition) is 0. The van der Waals surface area contributed by atoms with Crippen LogP contribution in [0.1, 0.15) is 33.3 Å². The second-order valence-electron chi connectivity index (χ2n) is 4.20. The van der Waals surface area contributed by atoms with E-state index in [2.05, 4.69) is 56.9 Å². The van der Waals surface area contributed by atoms with Gasteiger partial charge in [0.15, 0.2) is 0 Å². The Morgan fingerprint density at radius 3 is 2.06 bits per heavy atom. The molecule has 0 N–H and O–H groups in total. The maximum Gasteiger partial charge on any atom is 0.0720 e. The van der Waals surface area contributed by atoms with Crippen molar-refractivity contribution in [3.63, 3.8) is 0 Å². The van der Waals surface area contributed by atoms with E-state index in [1.807, 2.05) is 0 Å². The molecule has 0 amide bonds. The summed E-state index contributed by atoms with van der Waals surface area (Å²) < 4.78 is 5.57. The number of anilines is 1. The Morgan fingerprint density at radius 1 is 1.06 bits per heavy atom. The third-order valence-corrected chi connectivity index (χ3v) is 2.65. The molecule has 0 saturated heterocycles. The summed E-state index contributed by atoms with van der Waals surface area (Å²) in [5, 5.41) is 0. The summed E-state index contributed by atoms with van der Waals surface area (Å²) in [6.07, 6.45) is 0.294. The van der Waals surface area contributed by atoms with Crippen LogP contribution in [0.25, 0.3) is 0 Å². The lowest BCUT2D eigenvalue weighted by molar-refractivity contribution is 0.0657. The Balaban J connectivity index is 2.60. The second kappa shape index (κ2) is 6.54. The highest BCUT2D eigenvalue weighted by atomic mass is 16.5. The maximum atomic E-state index is 5.57.